The van der Waals surface area contributed by atoms with Gasteiger partial charge in [-0.1, -0.05) is 37.3 Å². The maximum absolute atomic E-state index is 13.3. The molecule has 35 heavy (non-hydrogen) atoms. The Hall–Kier alpha value is -3.39. The minimum absolute atomic E-state index is 0.0588. The molecule has 0 saturated carbocycles. The van der Waals surface area contributed by atoms with Crippen molar-refractivity contribution in [1.82, 2.24) is 10.2 Å². The molecule has 0 aromatic heterocycles. The van der Waals surface area contributed by atoms with Crippen LogP contribution in [0.1, 0.15) is 54.9 Å². The number of carbonyl (C=O) groups is 3. The first-order valence-electron chi connectivity index (χ1n) is 12.2. The van der Waals surface area contributed by atoms with Crippen LogP contribution in [0.4, 0.5) is 5.69 Å². The highest BCUT2D eigenvalue weighted by molar-refractivity contribution is 5.99. The van der Waals surface area contributed by atoms with Gasteiger partial charge in [0.05, 0.1) is 24.1 Å². The number of ether oxygens (including phenoxy) is 2. The summed E-state index contributed by atoms with van der Waals surface area (Å²) in [5.74, 6) is 0.139. The Balaban J connectivity index is 1.38. The highest BCUT2D eigenvalue weighted by Crippen LogP contribution is 2.32. The van der Waals surface area contributed by atoms with E-state index in [4.69, 9.17) is 9.47 Å². The topological polar surface area (TPSA) is 97.0 Å². The zero-order valence-corrected chi connectivity index (χ0v) is 20.3. The minimum Gasteiger partial charge on any atom is -0.490 e. The first-order chi connectivity index (χ1) is 16.9. The van der Waals surface area contributed by atoms with Crippen LogP contribution >= 0.6 is 0 Å². The van der Waals surface area contributed by atoms with E-state index in [0.29, 0.717) is 36.4 Å². The van der Waals surface area contributed by atoms with Crippen LogP contribution in [0, 0.1) is 0 Å². The molecule has 2 heterocycles. The molecule has 2 aliphatic heterocycles. The Morgan fingerprint density at radius 3 is 2.66 bits per heavy atom. The summed E-state index contributed by atoms with van der Waals surface area (Å²) in [5.41, 5.74) is 2.04. The Morgan fingerprint density at radius 1 is 1.09 bits per heavy atom. The number of likely N-dealkylation sites (N-methyl/N-ethyl adjacent to an activating group) is 1. The van der Waals surface area contributed by atoms with Gasteiger partial charge in [0.15, 0.2) is 0 Å². The monoisotopic (exact) mass is 479 g/mol. The van der Waals surface area contributed by atoms with Gasteiger partial charge in [0.25, 0.3) is 5.91 Å². The van der Waals surface area contributed by atoms with E-state index < -0.39 is 0 Å². The van der Waals surface area contributed by atoms with E-state index in [1.165, 1.54) is 0 Å². The summed E-state index contributed by atoms with van der Waals surface area (Å²) in [6.45, 7) is 2.70. The fourth-order valence-electron chi connectivity index (χ4n) is 4.63. The SMILES string of the molecule is CCCC(=O)Nc1ccc2c(c1)C(=O)N(C)[C@@H]1CC[C@H](CC(=O)NCc3ccccc3)O[C@@H]1CO2. The van der Waals surface area contributed by atoms with Crippen LogP contribution in [0.25, 0.3) is 0 Å². The standard InChI is InChI=1S/C27H33N3O5/c1-3-7-25(31)29-19-10-13-23-21(14-19)27(33)30(2)22-12-11-20(35-24(22)17-34-23)15-26(32)28-16-18-8-5-4-6-9-18/h4-6,8-10,13-14,20,22,24H,3,7,11-12,15-17H2,1-2H3,(H,28,32)(H,29,31)/t20-,22-,24-/m1/s1. The van der Waals surface area contributed by atoms with Crippen LogP contribution in [0.2, 0.25) is 0 Å². The van der Waals surface area contributed by atoms with E-state index in [-0.39, 0.29) is 49.0 Å². The summed E-state index contributed by atoms with van der Waals surface area (Å²) < 4.78 is 12.2. The Bertz CT molecular complexity index is 1060. The summed E-state index contributed by atoms with van der Waals surface area (Å²) in [7, 11) is 1.77. The number of nitrogens with zero attached hydrogens (tertiary/aromatic N) is 1. The first-order valence-corrected chi connectivity index (χ1v) is 12.2. The van der Waals surface area contributed by atoms with Crippen LogP contribution in [0.5, 0.6) is 5.75 Å². The third-order valence-corrected chi connectivity index (χ3v) is 6.52. The molecule has 3 amide bonds. The summed E-state index contributed by atoms with van der Waals surface area (Å²) >= 11 is 0. The van der Waals surface area contributed by atoms with Crippen LogP contribution < -0.4 is 15.4 Å². The van der Waals surface area contributed by atoms with Crippen LogP contribution in [0.3, 0.4) is 0 Å². The van der Waals surface area contributed by atoms with Gasteiger partial charge in [-0.3, -0.25) is 14.4 Å². The number of carbonyl (C=O) groups excluding carboxylic acids is 3. The Kier molecular flexibility index (Phi) is 8.02. The number of benzene rings is 2. The van der Waals surface area contributed by atoms with E-state index >= 15 is 0 Å². The lowest BCUT2D eigenvalue weighted by Crippen LogP contribution is -2.53. The molecule has 0 aliphatic carbocycles. The van der Waals surface area contributed by atoms with Crippen molar-refractivity contribution in [3.8, 4) is 5.75 Å². The van der Waals surface area contributed by atoms with Gasteiger partial charge < -0.3 is 25.0 Å². The molecular formula is C27H33N3O5. The van der Waals surface area contributed by atoms with Gasteiger partial charge in [-0.05, 0) is 43.0 Å². The van der Waals surface area contributed by atoms with Gasteiger partial charge in [0.2, 0.25) is 11.8 Å². The summed E-state index contributed by atoms with van der Waals surface area (Å²) in [6, 6.07) is 14.7. The van der Waals surface area contributed by atoms with Crippen LogP contribution in [0.15, 0.2) is 48.5 Å². The maximum Gasteiger partial charge on any atom is 0.257 e. The lowest BCUT2D eigenvalue weighted by molar-refractivity contribution is -0.134. The van der Waals surface area contributed by atoms with Crippen LogP contribution in [-0.2, 0) is 20.9 Å². The maximum atomic E-state index is 13.3. The van der Waals surface area contributed by atoms with E-state index in [0.717, 1.165) is 18.4 Å². The molecular weight excluding hydrogens is 446 g/mol. The number of fused-ring (bicyclic) bond motifs is 2. The van der Waals surface area contributed by atoms with Crippen molar-refractivity contribution in [3.05, 3.63) is 59.7 Å². The quantitative estimate of drug-likeness (QED) is 0.634. The van der Waals surface area contributed by atoms with Gasteiger partial charge in [0.1, 0.15) is 18.5 Å². The third kappa shape index (κ3) is 6.19. The summed E-state index contributed by atoms with van der Waals surface area (Å²) in [4.78, 5) is 39.5. The number of rotatable bonds is 7. The van der Waals surface area contributed by atoms with Crippen LogP contribution in [-0.4, -0.2) is 54.5 Å². The number of amides is 3. The van der Waals surface area contributed by atoms with Gasteiger partial charge >= 0.3 is 0 Å². The zero-order valence-electron chi connectivity index (χ0n) is 20.3. The van der Waals surface area contributed by atoms with Crippen molar-refractivity contribution in [2.45, 2.75) is 63.8 Å². The predicted octanol–water partition coefficient (Wildman–Crippen LogP) is 3.51. The van der Waals surface area contributed by atoms with Gasteiger partial charge in [-0.25, -0.2) is 0 Å². The third-order valence-electron chi connectivity index (χ3n) is 6.52. The average Bonchev–Trinajstić information content (AvgIpc) is 2.86. The number of hydrogen-bond donors (Lipinski definition) is 2. The molecule has 2 N–H and O–H groups in total. The van der Waals surface area contributed by atoms with Gasteiger partial charge in [-0.2, -0.15) is 0 Å². The van der Waals surface area contributed by atoms with Crippen molar-refractivity contribution >= 4 is 23.4 Å². The second-order valence-corrected chi connectivity index (χ2v) is 9.14. The van der Waals surface area contributed by atoms with Crippen molar-refractivity contribution in [1.29, 1.82) is 0 Å². The zero-order chi connectivity index (χ0) is 24.8. The van der Waals surface area contributed by atoms with Gasteiger partial charge in [-0.15, -0.1) is 0 Å². The highest BCUT2D eigenvalue weighted by atomic mass is 16.5. The molecule has 0 bridgehead atoms. The molecule has 0 spiro atoms. The molecule has 2 aromatic rings. The van der Waals surface area contributed by atoms with E-state index in [1.54, 1.807) is 30.1 Å². The van der Waals surface area contributed by atoms with Gasteiger partial charge in [0, 0.05) is 25.7 Å². The van der Waals surface area contributed by atoms with Crippen molar-refractivity contribution in [2.75, 3.05) is 19.0 Å². The highest BCUT2D eigenvalue weighted by Gasteiger charge is 2.39. The molecule has 0 unspecified atom stereocenters. The number of hydrogen-bond acceptors (Lipinski definition) is 5. The summed E-state index contributed by atoms with van der Waals surface area (Å²) in [6.07, 6.45) is 2.28. The van der Waals surface area contributed by atoms with Crippen molar-refractivity contribution in [3.63, 3.8) is 0 Å². The molecule has 8 nitrogen and oxygen atoms in total. The molecule has 186 valence electrons. The largest absolute Gasteiger partial charge is 0.490 e. The molecule has 0 radical (unpaired) electrons. The lowest BCUT2D eigenvalue weighted by atomic mass is 9.94. The second kappa shape index (κ2) is 11.4. The fourth-order valence-corrected chi connectivity index (χ4v) is 4.63. The predicted molar refractivity (Wildman–Crippen MR) is 132 cm³/mol. The molecule has 8 heteroatoms. The molecule has 4 rings (SSSR count). The van der Waals surface area contributed by atoms with Crippen molar-refractivity contribution < 1.29 is 23.9 Å². The van der Waals surface area contributed by atoms with E-state index in [2.05, 4.69) is 10.6 Å². The number of anilines is 1. The second-order valence-electron chi connectivity index (χ2n) is 9.14. The molecule has 2 aromatic carbocycles. The average molecular weight is 480 g/mol. The summed E-state index contributed by atoms with van der Waals surface area (Å²) in [5, 5.41) is 5.79. The normalized spacial score (nSPS) is 21.6. The molecule has 1 fully saturated rings. The Morgan fingerprint density at radius 2 is 1.89 bits per heavy atom. The molecule has 2 aliphatic rings. The number of nitrogens with one attached hydrogen (secondary N) is 2. The first kappa shape index (κ1) is 24.7. The molecule has 3 atom stereocenters. The van der Waals surface area contributed by atoms with E-state index in [1.807, 2.05) is 37.3 Å². The fraction of sp³-hybridized carbons (Fsp3) is 0.444. The molecule has 1 saturated heterocycles. The van der Waals surface area contributed by atoms with E-state index in [9.17, 15) is 14.4 Å². The Labute approximate surface area is 206 Å². The minimum atomic E-state index is -0.332. The smallest absolute Gasteiger partial charge is 0.257 e. The lowest BCUT2D eigenvalue weighted by Gasteiger charge is -2.42. The van der Waals surface area contributed by atoms with Crippen molar-refractivity contribution in [2.24, 2.45) is 0 Å².